The molecule has 1 aromatic heterocycles. The van der Waals surface area contributed by atoms with Crippen LogP contribution in [0.4, 0.5) is 0 Å². The van der Waals surface area contributed by atoms with Crippen molar-refractivity contribution in [3.63, 3.8) is 0 Å². The molecule has 0 saturated heterocycles. The van der Waals surface area contributed by atoms with Crippen LogP contribution in [0.5, 0.6) is 0 Å². The highest BCUT2D eigenvalue weighted by atomic mass is 16.5. The fraction of sp³-hybridized carbons (Fsp3) is 0.615. The molecular weight excluding hydrogens is 232 g/mol. The van der Waals surface area contributed by atoms with Gasteiger partial charge in [0.05, 0.1) is 0 Å². The highest BCUT2D eigenvalue weighted by Crippen LogP contribution is 2.09. The molecule has 3 N–H and O–H groups in total. The Morgan fingerprint density at radius 2 is 2.11 bits per heavy atom. The van der Waals surface area contributed by atoms with Crippen LogP contribution in [0.1, 0.15) is 55.3 Å². The Kier molecular flexibility index (Phi) is 7.13. The molecule has 0 unspecified atom stereocenters. The van der Waals surface area contributed by atoms with E-state index in [0.29, 0.717) is 12.4 Å². The van der Waals surface area contributed by atoms with Crippen molar-refractivity contribution in [1.82, 2.24) is 5.43 Å². The molecule has 0 radical (unpaired) electrons. The lowest BCUT2D eigenvalue weighted by atomic mass is 10.2. The second-order valence-corrected chi connectivity index (χ2v) is 4.21. The first-order valence-corrected chi connectivity index (χ1v) is 6.45. The predicted octanol–water partition coefficient (Wildman–Crippen LogP) is 2.37. The van der Waals surface area contributed by atoms with Crippen LogP contribution < -0.4 is 11.3 Å². The summed E-state index contributed by atoms with van der Waals surface area (Å²) in [7, 11) is 0. The lowest BCUT2D eigenvalue weighted by Crippen LogP contribution is -2.29. The zero-order valence-corrected chi connectivity index (χ0v) is 10.9. The van der Waals surface area contributed by atoms with E-state index < -0.39 is 5.91 Å². The molecule has 18 heavy (non-hydrogen) atoms. The minimum absolute atomic E-state index is 0.207. The van der Waals surface area contributed by atoms with E-state index >= 15 is 0 Å². The van der Waals surface area contributed by atoms with Gasteiger partial charge in [-0.1, -0.05) is 32.6 Å². The predicted molar refractivity (Wildman–Crippen MR) is 68.8 cm³/mol. The van der Waals surface area contributed by atoms with Gasteiger partial charge in [-0.3, -0.25) is 10.2 Å². The molecule has 0 aromatic carbocycles. The van der Waals surface area contributed by atoms with Gasteiger partial charge in [-0.25, -0.2) is 5.84 Å². The van der Waals surface area contributed by atoms with Crippen molar-refractivity contribution in [2.45, 2.75) is 45.6 Å². The summed E-state index contributed by atoms with van der Waals surface area (Å²) in [5, 5.41) is 0. The molecule has 0 aliphatic carbocycles. The fourth-order valence-corrected chi connectivity index (χ4v) is 1.63. The van der Waals surface area contributed by atoms with E-state index in [0.717, 1.165) is 13.0 Å². The van der Waals surface area contributed by atoms with Crippen LogP contribution in [-0.4, -0.2) is 12.5 Å². The van der Waals surface area contributed by atoms with E-state index in [-0.39, 0.29) is 5.76 Å². The monoisotopic (exact) mass is 254 g/mol. The van der Waals surface area contributed by atoms with E-state index in [4.69, 9.17) is 15.0 Å². The third-order valence-corrected chi connectivity index (χ3v) is 2.65. The number of hydrogen-bond acceptors (Lipinski definition) is 4. The number of furan rings is 1. The number of hydrazine groups is 1. The second-order valence-electron chi connectivity index (χ2n) is 4.21. The Morgan fingerprint density at radius 1 is 1.33 bits per heavy atom. The third kappa shape index (κ3) is 5.33. The average Bonchev–Trinajstić information content (AvgIpc) is 2.85. The minimum atomic E-state index is -0.430. The smallest absolute Gasteiger partial charge is 0.300 e. The molecule has 1 heterocycles. The van der Waals surface area contributed by atoms with Crippen molar-refractivity contribution in [2.24, 2.45) is 5.84 Å². The topological polar surface area (TPSA) is 77.5 Å². The van der Waals surface area contributed by atoms with Gasteiger partial charge in [-0.15, -0.1) is 0 Å². The van der Waals surface area contributed by atoms with Crippen molar-refractivity contribution < 1.29 is 13.9 Å². The number of nitrogens with one attached hydrogen (secondary N) is 1. The molecule has 0 aliphatic rings. The number of carbonyl (C=O) groups excluding carboxylic acids is 1. The van der Waals surface area contributed by atoms with E-state index in [9.17, 15) is 4.79 Å². The molecule has 102 valence electrons. The minimum Gasteiger partial charge on any atom is -0.453 e. The maximum absolute atomic E-state index is 11.1. The molecule has 0 saturated carbocycles. The van der Waals surface area contributed by atoms with Crippen LogP contribution in [0.25, 0.3) is 0 Å². The maximum Gasteiger partial charge on any atom is 0.300 e. The van der Waals surface area contributed by atoms with Crippen LogP contribution in [-0.2, 0) is 11.3 Å². The summed E-state index contributed by atoms with van der Waals surface area (Å²) in [6.07, 6.45) is 6.07. The zero-order chi connectivity index (χ0) is 13.2. The van der Waals surface area contributed by atoms with Gasteiger partial charge in [0.25, 0.3) is 0 Å². The number of unbranched alkanes of at least 4 members (excludes halogenated alkanes) is 4. The number of nitrogens with two attached hydrogens (primary N) is 1. The molecule has 1 aromatic rings. The first kappa shape index (κ1) is 14.7. The van der Waals surface area contributed by atoms with Gasteiger partial charge >= 0.3 is 5.91 Å². The third-order valence-electron chi connectivity index (χ3n) is 2.65. The molecule has 0 atom stereocenters. The first-order chi connectivity index (χ1) is 8.77. The molecule has 1 amide bonds. The number of amides is 1. The first-order valence-electron chi connectivity index (χ1n) is 6.45. The SMILES string of the molecule is CCCCCCCOCc1ccc(C(=O)NN)o1. The standard InChI is InChI=1S/C13H22N2O3/c1-2-3-4-5-6-9-17-10-11-7-8-12(18-11)13(16)15-14/h7-8H,2-6,9-10,14H2,1H3,(H,15,16). The Bertz CT molecular complexity index is 350. The zero-order valence-electron chi connectivity index (χ0n) is 10.9. The van der Waals surface area contributed by atoms with Gasteiger partial charge < -0.3 is 9.15 Å². The largest absolute Gasteiger partial charge is 0.453 e. The maximum atomic E-state index is 11.1. The molecule has 5 heteroatoms. The van der Waals surface area contributed by atoms with E-state index in [1.807, 2.05) is 5.43 Å². The molecular formula is C13H22N2O3. The Balaban J connectivity index is 2.12. The van der Waals surface area contributed by atoms with Gasteiger partial charge in [0.1, 0.15) is 12.4 Å². The van der Waals surface area contributed by atoms with E-state index in [1.54, 1.807) is 12.1 Å². The van der Waals surface area contributed by atoms with Gasteiger partial charge in [0.15, 0.2) is 5.76 Å². The molecule has 0 aliphatic heterocycles. The highest BCUT2D eigenvalue weighted by Gasteiger charge is 2.09. The molecule has 1 rings (SSSR count). The summed E-state index contributed by atoms with van der Waals surface area (Å²) in [4.78, 5) is 11.1. The Labute approximate surface area is 108 Å². The normalized spacial score (nSPS) is 10.6. The average molecular weight is 254 g/mol. The van der Waals surface area contributed by atoms with E-state index in [1.165, 1.54) is 25.7 Å². The van der Waals surface area contributed by atoms with Gasteiger partial charge in [-0.05, 0) is 18.6 Å². The molecule has 0 fully saturated rings. The van der Waals surface area contributed by atoms with Crippen molar-refractivity contribution in [3.8, 4) is 0 Å². The number of rotatable bonds is 9. The number of hydrogen-bond donors (Lipinski definition) is 2. The number of ether oxygens (including phenoxy) is 1. The van der Waals surface area contributed by atoms with E-state index in [2.05, 4.69) is 6.92 Å². The lowest BCUT2D eigenvalue weighted by molar-refractivity contribution is 0.0888. The van der Waals surface area contributed by atoms with Crippen molar-refractivity contribution in [3.05, 3.63) is 23.7 Å². The quantitative estimate of drug-likeness (QED) is 0.307. The van der Waals surface area contributed by atoms with Gasteiger partial charge in [0, 0.05) is 6.61 Å². The lowest BCUT2D eigenvalue weighted by Gasteiger charge is -2.02. The second kappa shape index (κ2) is 8.72. The van der Waals surface area contributed by atoms with Crippen molar-refractivity contribution in [2.75, 3.05) is 6.61 Å². The van der Waals surface area contributed by atoms with Crippen LogP contribution in [0, 0.1) is 0 Å². The number of carbonyl (C=O) groups is 1. The number of nitrogen functional groups attached to an aromatic ring is 1. The van der Waals surface area contributed by atoms with Gasteiger partial charge in [-0.2, -0.15) is 0 Å². The van der Waals surface area contributed by atoms with Crippen molar-refractivity contribution >= 4 is 5.91 Å². The fourth-order valence-electron chi connectivity index (χ4n) is 1.63. The highest BCUT2D eigenvalue weighted by molar-refractivity contribution is 5.90. The molecule has 5 nitrogen and oxygen atoms in total. The van der Waals surface area contributed by atoms with Crippen LogP contribution >= 0.6 is 0 Å². The Hall–Kier alpha value is -1.33. The Morgan fingerprint density at radius 3 is 2.83 bits per heavy atom. The van der Waals surface area contributed by atoms with Gasteiger partial charge in [0.2, 0.25) is 0 Å². The van der Waals surface area contributed by atoms with Crippen LogP contribution in [0.2, 0.25) is 0 Å². The molecule has 0 spiro atoms. The summed E-state index contributed by atoms with van der Waals surface area (Å²) in [5.41, 5.74) is 2.02. The van der Waals surface area contributed by atoms with Crippen molar-refractivity contribution in [1.29, 1.82) is 0 Å². The van der Waals surface area contributed by atoms with Crippen LogP contribution in [0.3, 0.4) is 0 Å². The summed E-state index contributed by atoms with van der Waals surface area (Å²) in [6.45, 7) is 3.32. The summed E-state index contributed by atoms with van der Waals surface area (Å²) in [5.74, 6) is 5.42. The summed E-state index contributed by atoms with van der Waals surface area (Å²) in [6, 6.07) is 3.31. The summed E-state index contributed by atoms with van der Waals surface area (Å²) >= 11 is 0. The summed E-state index contributed by atoms with van der Waals surface area (Å²) < 4.78 is 10.7. The molecule has 0 bridgehead atoms. The van der Waals surface area contributed by atoms with Crippen LogP contribution in [0.15, 0.2) is 16.5 Å².